The number of carbonyl (C=O) groups is 1. The molecule has 0 aliphatic heterocycles. The van der Waals surface area contributed by atoms with Crippen LogP contribution in [0.5, 0.6) is 0 Å². The highest BCUT2D eigenvalue weighted by atomic mass is 16.7. The third kappa shape index (κ3) is 4.24. The number of aromatic nitrogens is 2. The largest absolute Gasteiger partial charge is 0.351 e. The summed E-state index contributed by atoms with van der Waals surface area (Å²) in [5.74, 6) is 1.05. The van der Waals surface area contributed by atoms with Crippen LogP contribution in [-0.2, 0) is 4.84 Å². The fourth-order valence-electron chi connectivity index (χ4n) is 2.94. The van der Waals surface area contributed by atoms with Crippen LogP contribution in [-0.4, -0.2) is 22.6 Å². The van der Waals surface area contributed by atoms with E-state index in [9.17, 15) is 4.79 Å². The van der Waals surface area contributed by atoms with Gasteiger partial charge in [0.2, 0.25) is 0 Å². The van der Waals surface area contributed by atoms with Crippen molar-refractivity contribution in [1.29, 1.82) is 0 Å². The lowest BCUT2D eigenvalue weighted by molar-refractivity contribution is 0.0548. The molecule has 0 spiro atoms. The molecular weight excluding hydrogens is 244 g/mol. The summed E-state index contributed by atoms with van der Waals surface area (Å²) in [5, 5.41) is 0. The molecule has 1 aromatic heterocycles. The van der Waals surface area contributed by atoms with Crippen molar-refractivity contribution in [3.63, 3.8) is 0 Å². The Balaban J connectivity index is 1.88. The maximum atomic E-state index is 10.5. The number of H-pyrrole nitrogens is 1. The van der Waals surface area contributed by atoms with Crippen LogP contribution in [0, 0.1) is 5.92 Å². The Hall–Kier alpha value is -1.56. The topological polar surface area (TPSA) is 93.0 Å². The van der Waals surface area contributed by atoms with Crippen molar-refractivity contribution in [3.8, 4) is 0 Å². The molecular formula is C13H22N4O2. The first-order valence-electron chi connectivity index (χ1n) is 6.93. The maximum absolute atomic E-state index is 10.5. The number of amides is 2. The summed E-state index contributed by atoms with van der Waals surface area (Å²) >= 11 is 0. The first kappa shape index (κ1) is 13.9. The van der Waals surface area contributed by atoms with Gasteiger partial charge >= 0.3 is 6.03 Å². The predicted molar refractivity (Wildman–Crippen MR) is 71.2 cm³/mol. The van der Waals surface area contributed by atoms with Crippen LogP contribution in [0.1, 0.15) is 50.1 Å². The number of nitrogens with zero attached hydrogens (tertiary/aromatic N) is 1. The minimum atomic E-state index is -0.658. The van der Waals surface area contributed by atoms with Crippen molar-refractivity contribution in [3.05, 3.63) is 18.2 Å². The van der Waals surface area contributed by atoms with Gasteiger partial charge in [-0.25, -0.2) is 15.3 Å². The average molecular weight is 266 g/mol. The molecule has 0 aromatic carbocycles. The van der Waals surface area contributed by atoms with Crippen LogP contribution in [0.2, 0.25) is 0 Å². The van der Waals surface area contributed by atoms with E-state index in [1.54, 1.807) is 6.33 Å². The average Bonchev–Trinajstić information content (AvgIpc) is 2.93. The molecule has 1 aliphatic carbocycles. The third-order valence-electron chi connectivity index (χ3n) is 3.82. The number of hydroxylamine groups is 1. The highest BCUT2D eigenvalue weighted by Crippen LogP contribution is 2.37. The summed E-state index contributed by atoms with van der Waals surface area (Å²) in [7, 11) is 0. The molecule has 0 saturated heterocycles. The molecule has 1 heterocycles. The van der Waals surface area contributed by atoms with Gasteiger partial charge in [0.15, 0.2) is 0 Å². The molecule has 1 fully saturated rings. The molecule has 4 N–H and O–H groups in total. The normalized spacial score (nSPS) is 18.1. The molecule has 1 atom stereocenters. The maximum Gasteiger partial charge on any atom is 0.336 e. The summed E-state index contributed by atoms with van der Waals surface area (Å²) in [4.78, 5) is 23.0. The van der Waals surface area contributed by atoms with Gasteiger partial charge in [-0.1, -0.05) is 19.3 Å². The van der Waals surface area contributed by atoms with Gasteiger partial charge in [0.1, 0.15) is 0 Å². The van der Waals surface area contributed by atoms with Gasteiger partial charge in [-0.05, 0) is 25.2 Å². The highest BCUT2D eigenvalue weighted by Gasteiger charge is 2.26. The van der Waals surface area contributed by atoms with Crippen molar-refractivity contribution in [2.24, 2.45) is 11.7 Å². The van der Waals surface area contributed by atoms with Gasteiger partial charge in [0, 0.05) is 12.1 Å². The number of urea groups is 1. The van der Waals surface area contributed by atoms with Gasteiger partial charge in [0.05, 0.1) is 18.6 Å². The highest BCUT2D eigenvalue weighted by molar-refractivity contribution is 5.70. The molecule has 106 valence electrons. The summed E-state index contributed by atoms with van der Waals surface area (Å²) in [6.45, 7) is 0.455. The van der Waals surface area contributed by atoms with E-state index in [-0.39, 0.29) is 0 Å². The Kier molecular flexibility index (Phi) is 5.20. The molecule has 0 radical (unpaired) electrons. The lowest BCUT2D eigenvalue weighted by atomic mass is 9.77. The molecule has 2 rings (SSSR count). The van der Waals surface area contributed by atoms with Gasteiger partial charge in [-0.2, -0.15) is 0 Å². The number of nitrogens with one attached hydrogen (secondary N) is 2. The molecule has 1 unspecified atom stereocenters. The quantitative estimate of drug-likeness (QED) is 0.543. The van der Waals surface area contributed by atoms with E-state index in [0.29, 0.717) is 18.4 Å². The Morgan fingerprint density at radius 3 is 2.95 bits per heavy atom. The van der Waals surface area contributed by atoms with E-state index in [1.165, 1.54) is 32.1 Å². The number of primary amides is 1. The number of hydrogen-bond acceptors (Lipinski definition) is 3. The SMILES string of the molecule is NC(=O)NOCCC(c1c[nH]cn1)C1CCCCC1. The van der Waals surface area contributed by atoms with E-state index in [0.717, 1.165) is 12.1 Å². The van der Waals surface area contributed by atoms with Crippen molar-refractivity contribution in [1.82, 2.24) is 15.4 Å². The summed E-state index contributed by atoms with van der Waals surface area (Å²) in [6, 6.07) is -0.658. The lowest BCUT2D eigenvalue weighted by Crippen LogP contribution is -2.30. The lowest BCUT2D eigenvalue weighted by Gasteiger charge is -2.29. The number of carbonyl (C=O) groups excluding carboxylic acids is 1. The molecule has 19 heavy (non-hydrogen) atoms. The van der Waals surface area contributed by atoms with E-state index in [1.807, 2.05) is 6.20 Å². The Bertz CT molecular complexity index is 374. The van der Waals surface area contributed by atoms with E-state index in [4.69, 9.17) is 10.6 Å². The molecule has 1 saturated carbocycles. The van der Waals surface area contributed by atoms with E-state index >= 15 is 0 Å². The number of hydrogen-bond donors (Lipinski definition) is 3. The molecule has 2 amide bonds. The minimum absolute atomic E-state index is 0.390. The van der Waals surface area contributed by atoms with E-state index < -0.39 is 6.03 Å². The number of nitrogens with two attached hydrogens (primary N) is 1. The molecule has 1 aromatic rings. The van der Waals surface area contributed by atoms with Crippen LogP contribution in [0.4, 0.5) is 4.79 Å². The summed E-state index contributed by atoms with van der Waals surface area (Å²) in [5.41, 5.74) is 8.21. The molecule has 1 aliphatic rings. The Labute approximate surface area is 113 Å². The van der Waals surface area contributed by atoms with Gasteiger partial charge in [-0.3, -0.25) is 4.84 Å². The van der Waals surface area contributed by atoms with Crippen molar-refractivity contribution >= 4 is 6.03 Å². The van der Waals surface area contributed by atoms with Crippen LogP contribution >= 0.6 is 0 Å². The zero-order valence-corrected chi connectivity index (χ0v) is 11.1. The second kappa shape index (κ2) is 7.13. The fraction of sp³-hybridized carbons (Fsp3) is 0.692. The number of rotatable bonds is 6. The smallest absolute Gasteiger partial charge is 0.336 e. The molecule has 6 heteroatoms. The summed E-state index contributed by atoms with van der Waals surface area (Å²) < 4.78 is 0. The number of imidazole rings is 1. The second-order valence-corrected chi connectivity index (χ2v) is 5.10. The first-order valence-corrected chi connectivity index (χ1v) is 6.93. The molecule has 0 bridgehead atoms. The standard InChI is InChI=1S/C13H22N4O2/c14-13(18)17-19-7-6-11(12-8-15-9-16-12)10-4-2-1-3-5-10/h8-11H,1-7H2,(H,15,16)(H3,14,17,18). The van der Waals surface area contributed by atoms with E-state index in [2.05, 4.69) is 15.4 Å². The monoisotopic (exact) mass is 266 g/mol. The van der Waals surface area contributed by atoms with Gasteiger partial charge in [-0.15, -0.1) is 0 Å². The van der Waals surface area contributed by atoms with Crippen LogP contribution in [0.15, 0.2) is 12.5 Å². The fourth-order valence-corrected chi connectivity index (χ4v) is 2.94. The summed E-state index contributed by atoms with van der Waals surface area (Å²) in [6.07, 6.45) is 11.0. The second-order valence-electron chi connectivity index (χ2n) is 5.10. The van der Waals surface area contributed by atoms with Gasteiger partial charge < -0.3 is 10.7 Å². The Morgan fingerprint density at radius 1 is 1.53 bits per heavy atom. The van der Waals surface area contributed by atoms with Crippen LogP contribution in [0.3, 0.4) is 0 Å². The van der Waals surface area contributed by atoms with Crippen LogP contribution in [0.25, 0.3) is 0 Å². The van der Waals surface area contributed by atoms with Crippen molar-refractivity contribution in [2.45, 2.75) is 44.4 Å². The van der Waals surface area contributed by atoms with Crippen LogP contribution < -0.4 is 11.2 Å². The molecule has 6 nitrogen and oxygen atoms in total. The predicted octanol–water partition coefficient (Wildman–Crippen LogP) is 2.06. The minimum Gasteiger partial charge on any atom is -0.351 e. The first-order chi connectivity index (χ1) is 9.27. The number of aromatic amines is 1. The van der Waals surface area contributed by atoms with Crippen molar-refractivity contribution in [2.75, 3.05) is 6.61 Å². The third-order valence-corrected chi connectivity index (χ3v) is 3.82. The zero-order chi connectivity index (χ0) is 13.5. The Morgan fingerprint density at radius 2 is 2.32 bits per heavy atom. The zero-order valence-electron chi connectivity index (χ0n) is 11.1. The van der Waals surface area contributed by atoms with Gasteiger partial charge in [0.25, 0.3) is 0 Å². The van der Waals surface area contributed by atoms with Crippen molar-refractivity contribution < 1.29 is 9.63 Å².